The number of hydrogen-bond donors (Lipinski definition) is 2. The number of rotatable bonds is 11. The Morgan fingerprint density at radius 1 is 1.09 bits per heavy atom. The summed E-state index contributed by atoms with van der Waals surface area (Å²) < 4.78 is 53.6. The minimum Gasteiger partial charge on any atom is -0.475 e. The predicted octanol–water partition coefficient (Wildman–Crippen LogP) is 4.07. The molecule has 2 aromatic heterocycles. The van der Waals surface area contributed by atoms with Gasteiger partial charge in [0.1, 0.15) is 23.5 Å². The monoisotopic (exact) mass is 648 g/mol. The second kappa shape index (κ2) is 12.1. The largest absolute Gasteiger partial charge is 0.475 e. The van der Waals surface area contributed by atoms with Crippen LogP contribution in [0, 0.1) is 5.82 Å². The normalized spacial score (nSPS) is 15.5. The number of carbonyl (C=O) groups is 1. The van der Waals surface area contributed by atoms with Gasteiger partial charge in [-0.15, -0.1) is 0 Å². The van der Waals surface area contributed by atoms with Gasteiger partial charge in [0.2, 0.25) is 21.8 Å². The fourth-order valence-electron chi connectivity index (χ4n) is 6.25. The van der Waals surface area contributed by atoms with E-state index in [0.29, 0.717) is 48.4 Å². The highest BCUT2D eigenvalue weighted by molar-refractivity contribution is 7.92. The lowest BCUT2D eigenvalue weighted by molar-refractivity contribution is -0.123. The number of halogens is 1. The van der Waals surface area contributed by atoms with Crippen LogP contribution in [-0.4, -0.2) is 77.0 Å². The zero-order chi connectivity index (χ0) is 32.8. The Labute approximate surface area is 267 Å². The predicted molar refractivity (Wildman–Crippen MR) is 176 cm³/mol. The molecule has 6 rings (SSSR count). The third-order valence-electron chi connectivity index (χ3n) is 8.38. The SMILES string of the molecule is COCc1ccc(N2CC3(C2)C(=O)N(C)c2cnc4cc(F)c(-c5cnc(OCCNC(C)C)c(NS(C)(=O)=O)c5)cc4c23)cc1. The highest BCUT2D eigenvalue weighted by Gasteiger charge is 2.58. The molecule has 0 radical (unpaired) electrons. The molecular weight excluding hydrogens is 611 g/mol. The standard InChI is InChI=1S/C33H37FN6O5S/c1-20(2)35-10-11-45-31-28(38-46(5,42)43)12-22(15-37-31)24-13-25-27(14-26(24)34)36-16-29-30(25)33(32(41)39(29)3)18-40(19-33)23-8-6-21(7-9-23)17-44-4/h6-9,12-16,20,35,38H,10-11,17-19H2,1-5H3. The molecule has 0 aliphatic carbocycles. The van der Waals surface area contributed by atoms with E-state index in [-0.39, 0.29) is 35.7 Å². The van der Waals surface area contributed by atoms with E-state index < -0.39 is 21.3 Å². The number of benzene rings is 2. The lowest BCUT2D eigenvalue weighted by Gasteiger charge is -2.48. The first kappa shape index (κ1) is 31.6. The molecule has 1 saturated heterocycles. The van der Waals surface area contributed by atoms with Crippen LogP contribution in [0.25, 0.3) is 22.0 Å². The quantitative estimate of drug-likeness (QED) is 0.232. The van der Waals surface area contributed by atoms with E-state index in [2.05, 4.69) is 24.9 Å². The lowest BCUT2D eigenvalue weighted by atomic mass is 9.73. The van der Waals surface area contributed by atoms with E-state index in [0.717, 1.165) is 23.1 Å². The highest BCUT2D eigenvalue weighted by Crippen LogP contribution is 2.51. The Morgan fingerprint density at radius 2 is 1.83 bits per heavy atom. The molecule has 13 heteroatoms. The average Bonchev–Trinajstić information content (AvgIpc) is 3.21. The summed E-state index contributed by atoms with van der Waals surface area (Å²) >= 11 is 0. The molecule has 0 unspecified atom stereocenters. The van der Waals surface area contributed by atoms with Gasteiger partial charge < -0.3 is 24.6 Å². The Kier molecular flexibility index (Phi) is 8.34. The van der Waals surface area contributed by atoms with Crippen LogP contribution < -0.4 is 24.6 Å². The van der Waals surface area contributed by atoms with E-state index in [9.17, 15) is 13.2 Å². The Bertz CT molecular complexity index is 1910. The molecule has 2 aliphatic rings. The number of nitrogens with one attached hydrogen (secondary N) is 2. The first-order valence-electron chi connectivity index (χ1n) is 15.0. The molecule has 242 valence electrons. The van der Waals surface area contributed by atoms with Gasteiger partial charge in [0.25, 0.3) is 0 Å². The summed E-state index contributed by atoms with van der Waals surface area (Å²) in [5.74, 6) is -0.510. The molecule has 0 saturated carbocycles. The van der Waals surface area contributed by atoms with Crippen molar-refractivity contribution in [2.75, 3.05) is 61.2 Å². The van der Waals surface area contributed by atoms with Crippen molar-refractivity contribution in [2.45, 2.75) is 31.9 Å². The van der Waals surface area contributed by atoms with Crippen molar-refractivity contribution in [3.63, 3.8) is 0 Å². The van der Waals surface area contributed by atoms with Crippen molar-refractivity contribution >= 4 is 43.9 Å². The molecule has 4 heterocycles. The van der Waals surface area contributed by atoms with Gasteiger partial charge in [-0.1, -0.05) is 26.0 Å². The molecular formula is C33H37FN6O5S. The van der Waals surface area contributed by atoms with Crippen LogP contribution >= 0.6 is 0 Å². The van der Waals surface area contributed by atoms with Gasteiger partial charge in [0.05, 0.1) is 30.3 Å². The minimum absolute atomic E-state index is 0.0373. The van der Waals surface area contributed by atoms with Crippen LogP contribution in [0.2, 0.25) is 0 Å². The van der Waals surface area contributed by atoms with Gasteiger partial charge in [-0.3, -0.25) is 14.5 Å². The van der Waals surface area contributed by atoms with Crippen LogP contribution in [0.1, 0.15) is 25.0 Å². The van der Waals surface area contributed by atoms with Gasteiger partial charge in [-0.05, 0) is 29.8 Å². The third-order valence-corrected chi connectivity index (χ3v) is 8.97. The number of amides is 1. The van der Waals surface area contributed by atoms with Crippen LogP contribution in [0.15, 0.2) is 54.9 Å². The summed E-state index contributed by atoms with van der Waals surface area (Å²) in [6.07, 6.45) is 4.10. The number of hydrogen-bond acceptors (Lipinski definition) is 9. The zero-order valence-corrected chi connectivity index (χ0v) is 27.2. The third kappa shape index (κ3) is 5.85. The van der Waals surface area contributed by atoms with Crippen LogP contribution in [0.5, 0.6) is 5.88 Å². The summed E-state index contributed by atoms with van der Waals surface area (Å²) in [5.41, 5.74) is 3.77. The number of ether oxygens (including phenoxy) is 2. The summed E-state index contributed by atoms with van der Waals surface area (Å²) in [5, 5.41) is 3.88. The number of methoxy groups -OCH3 is 1. The maximum atomic E-state index is 15.7. The summed E-state index contributed by atoms with van der Waals surface area (Å²) in [7, 11) is -0.306. The topological polar surface area (TPSA) is 126 Å². The number of pyridine rings is 2. The molecule has 46 heavy (non-hydrogen) atoms. The van der Waals surface area contributed by atoms with Gasteiger partial charge in [-0.25, -0.2) is 17.8 Å². The number of sulfonamides is 1. The molecule has 0 atom stereocenters. The molecule has 2 N–H and O–H groups in total. The minimum atomic E-state index is -3.70. The van der Waals surface area contributed by atoms with Crippen LogP contribution in [0.3, 0.4) is 0 Å². The summed E-state index contributed by atoms with van der Waals surface area (Å²) in [6.45, 7) is 6.23. The van der Waals surface area contributed by atoms with E-state index >= 15 is 4.39 Å². The Hall–Kier alpha value is -4.33. The number of carbonyl (C=O) groups excluding carboxylic acids is 1. The number of nitrogens with zero attached hydrogens (tertiary/aromatic N) is 4. The van der Waals surface area contributed by atoms with Crippen molar-refractivity contribution < 1.29 is 27.1 Å². The first-order chi connectivity index (χ1) is 21.9. The van der Waals surface area contributed by atoms with E-state index in [1.54, 1.807) is 31.3 Å². The fraction of sp³-hybridized carbons (Fsp3) is 0.364. The summed E-state index contributed by atoms with van der Waals surface area (Å²) in [4.78, 5) is 26.4. The van der Waals surface area contributed by atoms with E-state index in [1.807, 2.05) is 38.1 Å². The lowest BCUT2D eigenvalue weighted by Crippen LogP contribution is -2.64. The van der Waals surface area contributed by atoms with Crippen molar-refractivity contribution in [3.8, 4) is 17.0 Å². The molecule has 1 amide bonds. The molecule has 1 spiro atoms. The molecule has 1 fully saturated rings. The van der Waals surface area contributed by atoms with Crippen LogP contribution in [0.4, 0.5) is 21.5 Å². The maximum absolute atomic E-state index is 15.7. The molecule has 4 aromatic rings. The number of likely N-dealkylation sites (N-methyl/N-ethyl adjacent to an activating group) is 1. The van der Waals surface area contributed by atoms with Gasteiger partial charge in [0.15, 0.2) is 0 Å². The highest BCUT2D eigenvalue weighted by atomic mass is 32.2. The van der Waals surface area contributed by atoms with Crippen LogP contribution in [-0.2, 0) is 31.6 Å². The van der Waals surface area contributed by atoms with E-state index in [1.165, 1.54) is 18.3 Å². The maximum Gasteiger partial charge on any atom is 0.241 e. The number of anilines is 3. The smallest absolute Gasteiger partial charge is 0.241 e. The summed E-state index contributed by atoms with van der Waals surface area (Å²) in [6, 6.07) is 12.8. The molecule has 11 nitrogen and oxygen atoms in total. The number of aromatic nitrogens is 2. The second-order valence-electron chi connectivity index (χ2n) is 12.2. The van der Waals surface area contributed by atoms with Crippen molar-refractivity contribution in [1.82, 2.24) is 15.3 Å². The number of fused-ring (bicyclic) bond motifs is 4. The molecule has 2 aromatic carbocycles. The average molecular weight is 649 g/mol. The second-order valence-corrected chi connectivity index (χ2v) is 13.9. The zero-order valence-electron chi connectivity index (χ0n) is 26.4. The molecule has 0 bridgehead atoms. The van der Waals surface area contributed by atoms with Gasteiger partial charge in [-0.2, -0.15) is 0 Å². The Morgan fingerprint density at radius 3 is 2.50 bits per heavy atom. The Balaban J connectivity index is 1.38. The van der Waals surface area contributed by atoms with Gasteiger partial charge >= 0.3 is 0 Å². The van der Waals surface area contributed by atoms with Crippen molar-refractivity contribution in [1.29, 1.82) is 0 Å². The van der Waals surface area contributed by atoms with E-state index in [4.69, 9.17) is 9.47 Å². The van der Waals surface area contributed by atoms with Crippen molar-refractivity contribution in [2.24, 2.45) is 0 Å². The molecule has 2 aliphatic heterocycles. The van der Waals surface area contributed by atoms with Crippen molar-refractivity contribution in [3.05, 3.63) is 71.8 Å². The first-order valence-corrected chi connectivity index (χ1v) is 16.9. The fourth-order valence-corrected chi connectivity index (χ4v) is 6.80. The van der Waals surface area contributed by atoms with Gasteiger partial charge in [0, 0.05) is 79.9 Å².